The lowest BCUT2D eigenvalue weighted by Crippen LogP contribution is -2.59. The molecule has 4 fully saturated rings. The molecule has 4 aliphatic heterocycles. The number of carbonyl (C=O) groups is 6. The van der Waals surface area contributed by atoms with E-state index in [1.54, 1.807) is 52.0 Å². The lowest BCUT2D eigenvalue weighted by atomic mass is 9.89. The number of urea groups is 2. The van der Waals surface area contributed by atoms with Crippen LogP contribution in [0.2, 0.25) is 0 Å². The second-order valence-corrected chi connectivity index (χ2v) is 22.0. The molecule has 0 spiro atoms. The average Bonchev–Trinajstić information content (AvgIpc) is 3.51. The molecule has 0 unspecified atom stereocenters. The molecule has 2 aromatic rings. The Morgan fingerprint density at radius 3 is 1.34 bits per heavy atom. The van der Waals surface area contributed by atoms with E-state index in [0.29, 0.717) is 23.4 Å². The van der Waals surface area contributed by atoms with Gasteiger partial charge in [-0.3, -0.25) is 39.6 Å². The summed E-state index contributed by atoms with van der Waals surface area (Å²) < 4.78 is 54.0. The maximum Gasteiger partial charge on any atom is 0.329 e. The minimum atomic E-state index is -3.73. The summed E-state index contributed by atoms with van der Waals surface area (Å²) in [6.07, 6.45) is 2.53. The van der Waals surface area contributed by atoms with Crippen molar-refractivity contribution in [2.75, 3.05) is 41.7 Å². The lowest BCUT2D eigenvalue weighted by molar-refractivity contribution is -0.125. The van der Waals surface area contributed by atoms with E-state index in [9.17, 15) is 45.6 Å². The highest BCUT2D eigenvalue weighted by atomic mass is 32.2. The van der Waals surface area contributed by atoms with Gasteiger partial charge in [0.25, 0.3) is 11.8 Å². The maximum atomic E-state index is 12.9. The van der Waals surface area contributed by atoms with Gasteiger partial charge < -0.3 is 22.9 Å². The molecular weight excluding hydrogens is 869 g/mol. The molecule has 4 saturated heterocycles. The lowest BCUT2D eigenvalue weighted by Gasteiger charge is -2.36. The van der Waals surface area contributed by atoms with Crippen LogP contribution in [-0.2, 0) is 45.6 Å². The van der Waals surface area contributed by atoms with Crippen LogP contribution < -0.4 is 43.4 Å². The quantitative estimate of drug-likeness (QED) is 0.172. The zero-order chi connectivity index (χ0) is 48.1. The van der Waals surface area contributed by atoms with Crippen LogP contribution in [0.15, 0.2) is 29.7 Å². The molecule has 10 N–H and O–H groups in total. The minimum Gasteiger partial charge on any atom is -0.368 e. The number of primary amides is 2. The van der Waals surface area contributed by atoms with Crippen molar-refractivity contribution in [3.63, 3.8) is 0 Å². The van der Waals surface area contributed by atoms with Gasteiger partial charge in [-0.15, -0.1) is 0 Å². The van der Waals surface area contributed by atoms with Gasteiger partial charge in [0.1, 0.15) is 11.1 Å². The Morgan fingerprint density at radius 2 is 1.00 bits per heavy atom. The third kappa shape index (κ3) is 9.71. The highest BCUT2D eigenvalue weighted by Crippen LogP contribution is 2.34. The average molecular weight is 929 g/mol. The Bertz CT molecular complexity index is 2490. The van der Waals surface area contributed by atoms with E-state index in [4.69, 9.17) is 22.9 Å². The number of imide groups is 2. The number of piperidine rings is 2. The number of hydrogen-bond donors (Lipinski definition) is 6. The van der Waals surface area contributed by atoms with Crippen molar-refractivity contribution in [1.29, 1.82) is 0 Å². The Balaban J connectivity index is 0.000000241. The molecule has 8 amide bonds. The third-order valence-corrected chi connectivity index (χ3v) is 16.3. The molecule has 0 aliphatic carbocycles. The largest absolute Gasteiger partial charge is 0.368 e. The molecule has 0 atom stereocenters. The zero-order valence-electron chi connectivity index (χ0n) is 37.5. The standard InChI is InChI=1S/C21H31N5O5S.C21H29N5O5S/c2*1-13-11-15(26-19(29)24-18(28)20(26,3)4)12-14(2)16(13)5-10-32(30,31)25-8-6-21(23,7-9-25)17(22)27/h11-12H,5-10,23H2,1-4H3,(H2,22,27)(H,24,28,29);5,10-12H,6-9,23H2,1-4H3,(H2,22,27)(H,24,28,29)/b;10-5+. The summed E-state index contributed by atoms with van der Waals surface area (Å²) in [6.45, 7) is 14.5. The number of anilines is 2. The van der Waals surface area contributed by atoms with E-state index in [2.05, 4.69) is 10.6 Å². The zero-order valence-corrected chi connectivity index (χ0v) is 39.2. The van der Waals surface area contributed by atoms with Crippen LogP contribution in [0.5, 0.6) is 0 Å². The molecule has 350 valence electrons. The van der Waals surface area contributed by atoms with Crippen LogP contribution in [0, 0.1) is 27.7 Å². The van der Waals surface area contributed by atoms with Gasteiger partial charge in [0, 0.05) is 43.0 Å². The molecule has 0 aromatic heterocycles. The van der Waals surface area contributed by atoms with Gasteiger partial charge in [-0.05, 0) is 151 Å². The first kappa shape index (κ1) is 49.8. The second kappa shape index (κ2) is 17.6. The number of carbonyl (C=O) groups excluding carboxylic acids is 6. The summed E-state index contributed by atoms with van der Waals surface area (Å²) in [5, 5.41) is 5.77. The van der Waals surface area contributed by atoms with Crippen molar-refractivity contribution >= 4 is 73.2 Å². The number of sulfonamides is 2. The molecule has 20 nitrogen and oxygen atoms in total. The van der Waals surface area contributed by atoms with Gasteiger partial charge in [-0.1, -0.05) is 0 Å². The molecule has 0 radical (unpaired) electrons. The summed E-state index contributed by atoms with van der Waals surface area (Å²) in [4.78, 5) is 74.6. The number of hydrogen-bond acceptors (Lipinski definition) is 12. The Morgan fingerprint density at radius 1 is 0.641 bits per heavy atom. The van der Waals surface area contributed by atoms with E-state index in [0.717, 1.165) is 33.2 Å². The maximum absolute atomic E-state index is 12.9. The molecule has 0 bridgehead atoms. The van der Waals surface area contributed by atoms with E-state index in [-0.39, 0.29) is 69.4 Å². The highest BCUT2D eigenvalue weighted by molar-refractivity contribution is 7.92. The van der Waals surface area contributed by atoms with Gasteiger partial charge in [0.15, 0.2) is 0 Å². The van der Waals surface area contributed by atoms with Gasteiger partial charge in [-0.25, -0.2) is 30.7 Å². The van der Waals surface area contributed by atoms with Crippen LogP contribution in [0.4, 0.5) is 21.0 Å². The van der Waals surface area contributed by atoms with E-state index in [1.807, 2.05) is 27.7 Å². The fourth-order valence-corrected chi connectivity index (χ4v) is 11.1. The predicted molar refractivity (Wildman–Crippen MR) is 241 cm³/mol. The molecule has 6 rings (SSSR count). The Hall–Kier alpha value is -5.26. The van der Waals surface area contributed by atoms with Crippen LogP contribution >= 0.6 is 0 Å². The van der Waals surface area contributed by atoms with Crippen molar-refractivity contribution < 1.29 is 45.6 Å². The van der Waals surface area contributed by atoms with Crippen LogP contribution in [0.3, 0.4) is 0 Å². The molecule has 4 heterocycles. The minimum absolute atomic E-state index is 0.0870. The van der Waals surface area contributed by atoms with Gasteiger partial charge in [0.2, 0.25) is 31.9 Å². The second-order valence-electron chi connectivity index (χ2n) is 18.1. The summed E-state index contributed by atoms with van der Waals surface area (Å²) in [7, 11) is -7.27. The normalized spacial score (nSPS) is 21.1. The predicted octanol–water partition coefficient (Wildman–Crippen LogP) is 1.01. The SMILES string of the molecule is Cc1cc(N2C(=O)NC(=O)C2(C)C)cc(C)c1/C=C/S(=O)(=O)N1CCC(N)(C(N)=O)CC1.Cc1cc(N2C(=O)NC(=O)C2(C)C)cc(C)c1CCS(=O)(=O)N1CCC(N)(C(N)=O)CC1. The number of nitrogens with two attached hydrogens (primary N) is 4. The van der Waals surface area contributed by atoms with Crippen molar-refractivity contribution in [3.8, 4) is 0 Å². The monoisotopic (exact) mass is 928 g/mol. The first-order valence-corrected chi connectivity index (χ1v) is 23.9. The van der Waals surface area contributed by atoms with Crippen LogP contribution in [-0.4, -0.2) is 115 Å². The molecule has 22 heteroatoms. The number of benzene rings is 2. The Kier molecular flexibility index (Phi) is 13.7. The van der Waals surface area contributed by atoms with Crippen LogP contribution in [0.25, 0.3) is 6.08 Å². The fraction of sp³-hybridized carbons (Fsp3) is 0.524. The van der Waals surface area contributed by atoms with Crippen molar-refractivity contribution in [3.05, 3.63) is 63.1 Å². The van der Waals surface area contributed by atoms with Gasteiger partial charge in [-0.2, -0.15) is 4.31 Å². The van der Waals surface area contributed by atoms with Crippen molar-refractivity contribution in [2.24, 2.45) is 22.9 Å². The van der Waals surface area contributed by atoms with Crippen molar-refractivity contribution in [1.82, 2.24) is 19.2 Å². The van der Waals surface area contributed by atoms with E-state index < -0.39 is 66.1 Å². The highest BCUT2D eigenvalue weighted by Gasteiger charge is 2.48. The molecule has 64 heavy (non-hydrogen) atoms. The van der Waals surface area contributed by atoms with Gasteiger partial charge >= 0.3 is 12.1 Å². The number of amides is 8. The van der Waals surface area contributed by atoms with E-state index in [1.165, 1.54) is 24.5 Å². The molecule has 2 aromatic carbocycles. The van der Waals surface area contributed by atoms with Crippen LogP contribution in [0.1, 0.15) is 86.8 Å². The third-order valence-electron chi connectivity index (χ3n) is 12.8. The first-order chi connectivity index (χ1) is 29.4. The number of nitrogens with zero attached hydrogens (tertiary/aromatic N) is 4. The summed E-state index contributed by atoms with van der Waals surface area (Å²) in [5.41, 5.74) is 24.1. The summed E-state index contributed by atoms with van der Waals surface area (Å²) in [5.74, 6) is -2.08. The van der Waals surface area contributed by atoms with Gasteiger partial charge in [0.05, 0.1) is 16.8 Å². The number of nitrogens with one attached hydrogen (secondary N) is 2. The smallest absolute Gasteiger partial charge is 0.329 e. The van der Waals surface area contributed by atoms with E-state index >= 15 is 0 Å². The Labute approximate surface area is 374 Å². The fourth-order valence-electron chi connectivity index (χ4n) is 8.44. The molecule has 4 aliphatic rings. The first-order valence-electron chi connectivity index (χ1n) is 20.7. The summed E-state index contributed by atoms with van der Waals surface area (Å²) >= 11 is 0. The topological polar surface area (TPSA) is 312 Å². The number of aryl methyl sites for hydroxylation is 4. The van der Waals surface area contributed by atoms with Crippen molar-refractivity contribution in [2.45, 2.75) is 110 Å². The molecular formula is C42H60N10O10S2. The number of rotatable bonds is 11. The molecule has 0 saturated carbocycles. The summed E-state index contributed by atoms with van der Waals surface area (Å²) in [6, 6.07) is 6.11.